The van der Waals surface area contributed by atoms with Crippen LogP contribution in [-0.2, 0) is 0 Å². The van der Waals surface area contributed by atoms with Crippen LogP contribution in [0.4, 0.5) is 10.6 Å². The molecule has 3 N–H and O–H groups in total. The number of hydrogen-bond donors (Lipinski definition) is 3. The maximum absolute atomic E-state index is 11.7. The lowest BCUT2D eigenvalue weighted by atomic mass is 10.3. The lowest BCUT2D eigenvalue weighted by Gasteiger charge is -2.12. The molecule has 8 heteroatoms. The van der Waals surface area contributed by atoms with Gasteiger partial charge in [-0.05, 0) is 19.1 Å². The van der Waals surface area contributed by atoms with Gasteiger partial charge in [-0.25, -0.2) is 4.79 Å². The summed E-state index contributed by atoms with van der Waals surface area (Å²) in [5.41, 5.74) is 0.241. The molecule has 1 aromatic heterocycles. The minimum absolute atomic E-state index is 0.200. The summed E-state index contributed by atoms with van der Waals surface area (Å²) in [5.74, 6) is 0.307. The number of urea groups is 1. The van der Waals surface area contributed by atoms with E-state index in [0.717, 1.165) is 6.54 Å². The van der Waals surface area contributed by atoms with Crippen LogP contribution in [0.5, 0.6) is 0 Å². The fraction of sp³-hybridized carbons (Fsp3) is 0.500. The van der Waals surface area contributed by atoms with E-state index < -0.39 is 0 Å². The summed E-state index contributed by atoms with van der Waals surface area (Å²) in [7, 11) is 3.30. The van der Waals surface area contributed by atoms with Gasteiger partial charge < -0.3 is 20.9 Å². The lowest BCUT2D eigenvalue weighted by molar-refractivity contribution is 0.0947. The Bertz CT molecular complexity index is 446. The molecule has 3 amide bonds. The molecule has 0 fully saturated rings. The number of hydrogen-bond acceptors (Lipinski definition) is 5. The van der Waals surface area contributed by atoms with Crippen LogP contribution in [0.3, 0.4) is 0 Å². The summed E-state index contributed by atoms with van der Waals surface area (Å²) in [4.78, 5) is 24.4. The van der Waals surface area contributed by atoms with E-state index in [2.05, 4.69) is 26.1 Å². The zero-order chi connectivity index (χ0) is 15.0. The Kier molecular flexibility index (Phi) is 6.21. The number of carbonyl (C=O) groups is 2. The van der Waals surface area contributed by atoms with Crippen LogP contribution >= 0.6 is 0 Å². The molecule has 0 unspecified atom stereocenters. The Morgan fingerprint density at radius 1 is 1.15 bits per heavy atom. The Hall–Kier alpha value is -2.38. The molecule has 0 atom stereocenters. The summed E-state index contributed by atoms with van der Waals surface area (Å²) < 4.78 is 0. The van der Waals surface area contributed by atoms with Crippen molar-refractivity contribution in [3.05, 3.63) is 17.8 Å². The van der Waals surface area contributed by atoms with Gasteiger partial charge in [-0.15, -0.1) is 10.2 Å². The second kappa shape index (κ2) is 7.93. The molecule has 0 saturated heterocycles. The fourth-order valence-electron chi connectivity index (χ4n) is 1.32. The predicted molar refractivity (Wildman–Crippen MR) is 75.6 cm³/mol. The van der Waals surface area contributed by atoms with Crippen molar-refractivity contribution in [2.45, 2.75) is 6.92 Å². The van der Waals surface area contributed by atoms with Crippen LogP contribution in [0.15, 0.2) is 12.1 Å². The van der Waals surface area contributed by atoms with Crippen molar-refractivity contribution >= 4 is 17.8 Å². The molecular weight excluding hydrogens is 260 g/mol. The van der Waals surface area contributed by atoms with E-state index in [9.17, 15) is 9.59 Å². The molecule has 110 valence electrons. The number of aromatic nitrogens is 2. The third kappa shape index (κ3) is 5.09. The molecule has 0 aliphatic heterocycles. The number of nitrogens with zero attached hydrogens (tertiary/aromatic N) is 3. The van der Waals surface area contributed by atoms with Gasteiger partial charge >= 0.3 is 6.03 Å². The molecule has 0 bridgehead atoms. The van der Waals surface area contributed by atoms with Crippen molar-refractivity contribution in [3.8, 4) is 0 Å². The zero-order valence-electron chi connectivity index (χ0n) is 11.9. The van der Waals surface area contributed by atoms with Gasteiger partial charge in [0.05, 0.1) is 0 Å². The highest BCUT2D eigenvalue weighted by molar-refractivity contribution is 5.92. The highest BCUT2D eigenvalue weighted by atomic mass is 16.2. The topological polar surface area (TPSA) is 99.2 Å². The minimum Gasteiger partial charge on any atom is -0.369 e. The number of rotatable bonds is 6. The van der Waals surface area contributed by atoms with Gasteiger partial charge in [0.1, 0.15) is 5.82 Å². The molecule has 0 spiro atoms. The van der Waals surface area contributed by atoms with Crippen LogP contribution in [0.25, 0.3) is 0 Å². The average molecular weight is 280 g/mol. The van der Waals surface area contributed by atoms with Crippen molar-refractivity contribution in [2.24, 2.45) is 0 Å². The van der Waals surface area contributed by atoms with Crippen LogP contribution in [0.2, 0.25) is 0 Å². The van der Waals surface area contributed by atoms with Gasteiger partial charge in [0.25, 0.3) is 5.91 Å². The summed E-state index contributed by atoms with van der Waals surface area (Å²) in [5, 5.41) is 16.0. The zero-order valence-corrected chi connectivity index (χ0v) is 11.9. The van der Waals surface area contributed by atoms with E-state index in [0.29, 0.717) is 18.9 Å². The van der Waals surface area contributed by atoms with E-state index in [1.807, 2.05) is 6.92 Å². The van der Waals surface area contributed by atoms with Crippen LogP contribution in [0.1, 0.15) is 17.4 Å². The molecule has 1 rings (SSSR count). The standard InChI is InChI=1S/C12H20N6O2/c1-4-13-10-6-5-9(16-17-10)11(19)14-7-8-15-12(20)18(2)3/h5-6H,4,7-8H2,1-3H3,(H,13,17)(H,14,19)(H,15,20). The van der Waals surface area contributed by atoms with E-state index in [4.69, 9.17) is 0 Å². The van der Waals surface area contributed by atoms with Gasteiger partial charge in [0.2, 0.25) is 0 Å². The molecule has 20 heavy (non-hydrogen) atoms. The van der Waals surface area contributed by atoms with Crippen molar-refractivity contribution < 1.29 is 9.59 Å². The maximum Gasteiger partial charge on any atom is 0.316 e. The van der Waals surface area contributed by atoms with Crippen LogP contribution in [0, 0.1) is 0 Å². The Morgan fingerprint density at radius 2 is 1.85 bits per heavy atom. The maximum atomic E-state index is 11.7. The first-order valence-corrected chi connectivity index (χ1v) is 6.35. The van der Waals surface area contributed by atoms with Gasteiger partial charge in [-0.1, -0.05) is 0 Å². The molecule has 0 saturated carbocycles. The Morgan fingerprint density at radius 3 is 2.40 bits per heavy atom. The van der Waals surface area contributed by atoms with Gasteiger partial charge in [0.15, 0.2) is 5.69 Å². The lowest BCUT2D eigenvalue weighted by Crippen LogP contribution is -2.39. The SMILES string of the molecule is CCNc1ccc(C(=O)NCCNC(=O)N(C)C)nn1. The van der Waals surface area contributed by atoms with Crippen molar-refractivity contribution in [1.82, 2.24) is 25.7 Å². The Balaban J connectivity index is 2.34. The van der Waals surface area contributed by atoms with Crippen molar-refractivity contribution in [2.75, 3.05) is 39.0 Å². The summed E-state index contributed by atoms with van der Waals surface area (Å²) >= 11 is 0. The first kappa shape index (κ1) is 15.7. The molecule has 0 aliphatic rings. The molecule has 0 aliphatic carbocycles. The minimum atomic E-state index is -0.320. The third-order valence-corrected chi connectivity index (χ3v) is 2.35. The van der Waals surface area contributed by atoms with E-state index in [1.165, 1.54) is 4.90 Å². The quantitative estimate of drug-likeness (QED) is 0.632. The highest BCUT2D eigenvalue weighted by Crippen LogP contribution is 2.00. The number of anilines is 1. The fourth-order valence-corrected chi connectivity index (χ4v) is 1.32. The highest BCUT2D eigenvalue weighted by Gasteiger charge is 2.08. The van der Waals surface area contributed by atoms with Gasteiger partial charge in [-0.3, -0.25) is 4.79 Å². The van der Waals surface area contributed by atoms with E-state index >= 15 is 0 Å². The van der Waals surface area contributed by atoms with Gasteiger partial charge in [-0.2, -0.15) is 0 Å². The molecule has 8 nitrogen and oxygen atoms in total. The molecule has 0 aromatic carbocycles. The Labute approximate surface area is 117 Å². The molecular formula is C12H20N6O2. The number of nitrogens with one attached hydrogen (secondary N) is 3. The second-order valence-corrected chi connectivity index (χ2v) is 4.22. The smallest absolute Gasteiger partial charge is 0.316 e. The summed E-state index contributed by atoms with van der Waals surface area (Å²) in [6.45, 7) is 3.37. The van der Waals surface area contributed by atoms with E-state index in [1.54, 1.807) is 26.2 Å². The number of carbonyl (C=O) groups excluding carboxylic acids is 2. The molecule has 0 radical (unpaired) electrons. The predicted octanol–water partition coefficient (Wildman–Crippen LogP) is -0.0906. The normalized spacial score (nSPS) is 9.75. The van der Waals surface area contributed by atoms with Crippen LogP contribution in [-0.4, -0.2) is 60.8 Å². The van der Waals surface area contributed by atoms with E-state index in [-0.39, 0.29) is 17.6 Å². The van der Waals surface area contributed by atoms with Gasteiger partial charge in [0, 0.05) is 33.7 Å². The largest absolute Gasteiger partial charge is 0.369 e. The molecule has 1 aromatic rings. The van der Waals surface area contributed by atoms with Crippen molar-refractivity contribution in [1.29, 1.82) is 0 Å². The first-order valence-electron chi connectivity index (χ1n) is 6.35. The summed E-state index contributed by atoms with van der Waals surface area (Å²) in [6, 6.07) is 3.09. The molecule has 1 heterocycles. The monoisotopic (exact) mass is 280 g/mol. The number of amides is 3. The third-order valence-electron chi connectivity index (χ3n) is 2.35. The summed E-state index contributed by atoms with van der Waals surface area (Å²) in [6.07, 6.45) is 0. The first-order chi connectivity index (χ1) is 9.54. The second-order valence-electron chi connectivity index (χ2n) is 4.22. The van der Waals surface area contributed by atoms with Crippen molar-refractivity contribution in [3.63, 3.8) is 0 Å². The van der Waals surface area contributed by atoms with Crippen LogP contribution < -0.4 is 16.0 Å². The average Bonchev–Trinajstić information content (AvgIpc) is 2.44.